The van der Waals surface area contributed by atoms with E-state index in [1.165, 1.54) is 11.8 Å². The molecule has 4 heteroatoms. The molecule has 0 amide bonds. The minimum Gasteiger partial charge on any atom is -0.368 e. The highest BCUT2D eigenvalue weighted by Crippen LogP contribution is 1.91. The topological polar surface area (TPSA) is 12.0 Å². The van der Waals surface area contributed by atoms with Crippen molar-refractivity contribution in [2.24, 2.45) is 0 Å². The summed E-state index contributed by atoms with van der Waals surface area (Å²) >= 11 is 6.12. The average molecular weight is 153 g/mol. The number of halogens is 1. The molecule has 0 spiro atoms. The van der Waals surface area contributed by atoms with Gasteiger partial charge in [-0.3, -0.25) is 0 Å². The smallest absolute Gasteiger partial charge is 0.133 e. The summed E-state index contributed by atoms with van der Waals surface area (Å²) in [6.45, 7) is -0.0274. The number of hydrogen-bond acceptors (Lipinski definition) is 2. The third-order valence-corrected chi connectivity index (χ3v) is 1.71. The van der Waals surface area contributed by atoms with Crippen LogP contribution in [0.5, 0.6) is 0 Å². The molecule has 0 heterocycles. The largest absolute Gasteiger partial charge is 0.368 e. The van der Waals surface area contributed by atoms with Gasteiger partial charge in [-0.2, -0.15) is 0 Å². The molecular weight excluding hydrogens is 145 g/mol. The lowest BCUT2D eigenvalue weighted by molar-refractivity contribution is 0.493. The summed E-state index contributed by atoms with van der Waals surface area (Å²) in [7, 11) is 0. The number of rotatable bonds is 2. The zero-order valence-electron chi connectivity index (χ0n) is 4.61. The molecule has 1 N–H and O–H groups in total. The Morgan fingerprint density at radius 2 is 2.50 bits per heavy atom. The summed E-state index contributed by atoms with van der Waals surface area (Å²) in [6, 6.07) is 0. The molecule has 0 atom stereocenters. The van der Waals surface area contributed by atoms with Gasteiger partial charge in [0.1, 0.15) is 11.0 Å². The molecule has 0 bridgehead atoms. The molecule has 0 aliphatic carbocycles. The van der Waals surface area contributed by atoms with Crippen molar-refractivity contribution in [1.82, 2.24) is 5.32 Å². The number of alkyl halides is 1. The van der Waals surface area contributed by atoms with Crippen LogP contribution in [0, 0.1) is 0 Å². The second-order valence-electron chi connectivity index (χ2n) is 1.11. The Hall–Kier alpha value is 0.170. The van der Waals surface area contributed by atoms with Gasteiger partial charge in [0.25, 0.3) is 0 Å². The Morgan fingerprint density at radius 1 is 1.88 bits per heavy atom. The van der Waals surface area contributed by atoms with Gasteiger partial charge in [-0.1, -0.05) is 12.2 Å². The first-order valence-electron chi connectivity index (χ1n) is 2.19. The van der Waals surface area contributed by atoms with Crippen LogP contribution in [-0.4, -0.2) is 23.8 Å². The Labute approximate surface area is 58.0 Å². The summed E-state index contributed by atoms with van der Waals surface area (Å²) < 4.78 is 12.0. The van der Waals surface area contributed by atoms with E-state index in [9.17, 15) is 4.39 Å². The van der Waals surface area contributed by atoms with Gasteiger partial charge in [0.2, 0.25) is 0 Å². The van der Waals surface area contributed by atoms with Crippen molar-refractivity contribution in [2.45, 2.75) is 0 Å². The van der Waals surface area contributed by atoms with E-state index in [1.807, 2.05) is 6.26 Å². The fourth-order valence-corrected chi connectivity index (χ4v) is 0.570. The Kier molecular flexibility index (Phi) is 5.42. The average Bonchev–Trinajstić information content (AvgIpc) is 1.83. The standard InChI is InChI=1S/C4H8FNS2/c1-8-4(7)6-3-2-5/h2-3H2,1H3,(H,6,7). The van der Waals surface area contributed by atoms with Crippen LogP contribution in [0.15, 0.2) is 0 Å². The summed E-state index contributed by atoms with van der Waals surface area (Å²) in [6.07, 6.45) is 1.85. The van der Waals surface area contributed by atoms with Gasteiger partial charge >= 0.3 is 0 Å². The van der Waals surface area contributed by atoms with Gasteiger partial charge in [-0.05, 0) is 6.26 Å². The fraction of sp³-hybridized carbons (Fsp3) is 0.750. The van der Waals surface area contributed by atoms with E-state index < -0.39 is 0 Å². The minimum atomic E-state index is -0.360. The molecule has 1 nitrogen and oxygen atoms in total. The van der Waals surface area contributed by atoms with Gasteiger partial charge in [0.05, 0.1) is 0 Å². The predicted octanol–water partition coefficient (Wildman–Crippen LogP) is 1.19. The maximum atomic E-state index is 11.4. The van der Waals surface area contributed by atoms with Crippen LogP contribution in [-0.2, 0) is 0 Å². The van der Waals surface area contributed by atoms with Crippen LogP contribution in [0.2, 0.25) is 0 Å². The van der Waals surface area contributed by atoms with E-state index in [4.69, 9.17) is 12.2 Å². The lowest BCUT2D eigenvalue weighted by atomic mass is 10.7. The van der Waals surface area contributed by atoms with Gasteiger partial charge in [-0.25, -0.2) is 4.39 Å². The molecule has 48 valence electrons. The van der Waals surface area contributed by atoms with Crippen molar-refractivity contribution < 1.29 is 4.39 Å². The SMILES string of the molecule is CSC(=S)NCCF. The quantitative estimate of drug-likeness (QED) is 0.599. The molecule has 0 aromatic heterocycles. The summed E-state index contributed by atoms with van der Waals surface area (Å²) in [5.41, 5.74) is 0. The van der Waals surface area contributed by atoms with Crippen LogP contribution >= 0.6 is 24.0 Å². The van der Waals surface area contributed by atoms with E-state index in [0.717, 1.165) is 0 Å². The lowest BCUT2D eigenvalue weighted by Gasteiger charge is -1.98. The maximum absolute atomic E-state index is 11.4. The van der Waals surface area contributed by atoms with Crippen LogP contribution < -0.4 is 5.32 Å². The van der Waals surface area contributed by atoms with E-state index in [0.29, 0.717) is 10.9 Å². The van der Waals surface area contributed by atoms with Crippen molar-refractivity contribution >= 4 is 28.3 Å². The molecule has 0 aromatic rings. The van der Waals surface area contributed by atoms with E-state index >= 15 is 0 Å². The second-order valence-corrected chi connectivity index (χ2v) is 2.59. The van der Waals surface area contributed by atoms with Crippen LogP contribution in [0.25, 0.3) is 0 Å². The van der Waals surface area contributed by atoms with Crippen molar-refractivity contribution in [2.75, 3.05) is 19.5 Å². The monoisotopic (exact) mass is 153 g/mol. The molecule has 0 saturated heterocycles. The number of nitrogens with one attached hydrogen (secondary N) is 1. The van der Waals surface area contributed by atoms with Crippen molar-refractivity contribution in [3.8, 4) is 0 Å². The van der Waals surface area contributed by atoms with Crippen LogP contribution in [0.1, 0.15) is 0 Å². The number of hydrogen-bond donors (Lipinski definition) is 1. The zero-order valence-corrected chi connectivity index (χ0v) is 6.24. The van der Waals surface area contributed by atoms with E-state index in [1.54, 1.807) is 0 Å². The van der Waals surface area contributed by atoms with Crippen molar-refractivity contribution in [3.05, 3.63) is 0 Å². The molecule has 0 unspecified atom stereocenters. The van der Waals surface area contributed by atoms with Crippen molar-refractivity contribution in [3.63, 3.8) is 0 Å². The normalized spacial score (nSPS) is 8.75. The first-order valence-corrected chi connectivity index (χ1v) is 3.82. The van der Waals surface area contributed by atoms with E-state index in [2.05, 4.69) is 5.32 Å². The highest BCUT2D eigenvalue weighted by Gasteiger charge is 1.87. The fourth-order valence-electron chi connectivity index (χ4n) is 0.221. The van der Waals surface area contributed by atoms with Gasteiger partial charge in [0.15, 0.2) is 0 Å². The highest BCUT2D eigenvalue weighted by atomic mass is 32.2. The number of thioether (sulfide) groups is 1. The van der Waals surface area contributed by atoms with Gasteiger partial charge in [-0.15, -0.1) is 11.8 Å². The molecule has 0 saturated carbocycles. The summed E-state index contributed by atoms with van der Waals surface area (Å²) in [5.74, 6) is 0. The maximum Gasteiger partial charge on any atom is 0.133 e. The molecule has 0 aliphatic heterocycles. The van der Waals surface area contributed by atoms with Gasteiger partial charge < -0.3 is 5.32 Å². The Bertz CT molecular complexity index is 76.4. The highest BCUT2D eigenvalue weighted by molar-refractivity contribution is 8.22. The molecule has 0 aliphatic rings. The molecule has 0 radical (unpaired) electrons. The molecule has 0 aromatic carbocycles. The molecular formula is C4H8FNS2. The third kappa shape index (κ3) is 4.33. The Balaban J connectivity index is 2.99. The number of thiocarbonyl (C=S) groups is 1. The first-order chi connectivity index (χ1) is 3.81. The Morgan fingerprint density at radius 3 is 2.88 bits per heavy atom. The summed E-state index contributed by atoms with van der Waals surface area (Å²) in [5, 5.41) is 2.70. The molecule has 0 rings (SSSR count). The third-order valence-electron chi connectivity index (χ3n) is 0.549. The predicted molar refractivity (Wildman–Crippen MR) is 40.1 cm³/mol. The van der Waals surface area contributed by atoms with Crippen LogP contribution in [0.4, 0.5) is 4.39 Å². The first kappa shape index (κ1) is 8.17. The van der Waals surface area contributed by atoms with Crippen LogP contribution in [0.3, 0.4) is 0 Å². The molecule has 0 fully saturated rings. The van der Waals surface area contributed by atoms with Crippen molar-refractivity contribution in [1.29, 1.82) is 0 Å². The summed E-state index contributed by atoms with van der Waals surface area (Å²) in [4.78, 5) is 0. The molecule has 8 heavy (non-hydrogen) atoms. The van der Waals surface area contributed by atoms with E-state index in [-0.39, 0.29) is 6.67 Å². The second kappa shape index (κ2) is 5.31. The zero-order chi connectivity index (χ0) is 6.41. The van der Waals surface area contributed by atoms with Gasteiger partial charge in [0, 0.05) is 6.54 Å². The lowest BCUT2D eigenvalue weighted by Crippen LogP contribution is -2.20. The minimum absolute atomic E-state index is 0.333.